The van der Waals surface area contributed by atoms with E-state index in [1.54, 1.807) is 24.3 Å². The van der Waals surface area contributed by atoms with Crippen molar-refractivity contribution in [1.29, 1.82) is 0 Å². The zero-order valence-electron chi connectivity index (χ0n) is 13.9. The maximum atomic E-state index is 11.9. The average molecular weight is 341 g/mol. The van der Waals surface area contributed by atoms with Crippen molar-refractivity contribution in [2.75, 3.05) is 13.7 Å². The van der Waals surface area contributed by atoms with Gasteiger partial charge >= 0.3 is 0 Å². The van der Waals surface area contributed by atoms with Gasteiger partial charge in [0.2, 0.25) is 0 Å². The van der Waals surface area contributed by atoms with Crippen LogP contribution in [-0.2, 0) is 4.79 Å². The number of ether oxygens (including phenoxy) is 1. The van der Waals surface area contributed by atoms with Crippen LogP contribution >= 0.6 is 0 Å². The Hall–Kier alpha value is -3.35. The van der Waals surface area contributed by atoms with Crippen molar-refractivity contribution in [3.8, 4) is 11.5 Å². The minimum atomic E-state index is -0.487. The molecule has 0 saturated carbocycles. The molecule has 2 amide bonds. The van der Waals surface area contributed by atoms with E-state index in [0.29, 0.717) is 16.9 Å². The number of aryl methyl sites for hydroxylation is 1. The lowest BCUT2D eigenvalue weighted by molar-refractivity contribution is -0.120. The molecule has 130 valence electrons. The number of rotatable bonds is 6. The van der Waals surface area contributed by atoms with Crippen molar-refractivity contribution in [2.24, 2.45) is 5.10 Å². The molecule has 0 unspecified atom stereocenters. The van der Waals surface area contributed by atoms with Gasteiger partial charge in [0.05, 0.1) is 19.9 Å². The Bertz CT molecular complexity index is 785. The Morgan fingerprint density at radius 1 is 1.20 bits per heavy atom. The highest BCUT2D eigenvalue weighted by Gasteiger charge is 2.07. The SMILES string of the molecule is COc1ccc(O)c(/C=N/NC(=O)CNC(=O)c2ccc(C)cc2)c1. The highest BCUT2D eigenvalue weighted by Crippen LogP contribution is 2.20. The molecule has 0 aromatic heterocycles. The van der Waals surface area contributed by atoms with Crippen LogP contribution in [0.5, 0.6) is 11.5 Å². The van der Waals surface area contributed by atoms with Crippen LogP contribution in [0.25, 0.3) is 0 Å². The van der Waals surface area contributed by atoms with Gasteiger partial charge in [-0.3, -0.25) is 9.59 Å². The lowest BCUT2D eigenvalue weighted by Crippen LogP contribution is -2.34. The van der Waals surface area contributed by atoms with E-state index in [-0.39, 0.29) is 18.2 Å². The van der Waals surface area contributed by atoms with Crippen LogP contribution in [0.4, 0.5) is 0 Å². The van der Waals surface area contributed by atoms with Crippen molar-refractivity contribution in [3.63, 3.8) is 0 Å². The normalized spacial score (nSPS) is 10.5. The summed E-state index contributed by atoms with van der Waals surface area (Å²) < 4.78 is 5.04. The maximum absolute atomic E-state index is 11.9. The summed E-state index contributed by atoms with van der Waals surface area (Å²) in [6, 6.07) is 11.7. The van der Waals surface area contributed by atoms with Crippen LogP contribution in [-0.4, -0.2) is 36.8 Å². The summed E-state index contributed by atoms with van der Waals surface area (Å²) in [7, 11) is 1.51. The first-order valence-corrected chi connectivity index (χ1v) is 7.53. The third-order valence-electron chi connectivity index (χ3n) is 3.35. The van der Waals surface area contributed by atoms with E-state index >= 15 is 0 Å². The molecule has 0 aliphatic heterocycles. The van der Waals surface area contributed by atoms with E-state index in [1.807, 2.05) is 19.1 Å². The van der Waals surface area contributed by atoms with E-state index in [2.05, 4.69) is 15.8 Å². The summed E-state index contributed by atoms with van der Waals surface area (Å²) in [6.07, 6.45) is 1.29. The minimum Gasteiger partial charge on any atom is -0.507 e. The maximum Gasteiger partial charge on any atom is 0.259 e. The van der Waals surface area contributed by atoms with Gasteiger partial charge in [0.1, 0.15) is 11.5 Å². The molecule has 2 aromatic rings. The number of methoxy groups -OCH3 is 1. The van der Waals surface area contributed by atoms with Crippen molar-refractivity contribution in [3.05, 3.63) is 59.2 Å². The molecule has 2 aromatic carbocycles. The van der Waals surface area contributed by atoms with E-state index < -0.39 is 5.91 Å². The summed E-state index contributed by atoms with van der Waals surface area (Å²) in [5.74, 6) is -0.272. The molecule has 0 heterocycles. The van der Waals surface area contributed by atoms with Crippen LogP contribution in [0.2, 0.25) is 0 Å². The van der Waals surface area contributed by atoms with E-state index in [0.717, 1.165) is 5.56 Å². The second kappa shape index (κ2) is 8.49. The molecule has 7 heteroatoms. The number of hydrazone groups is 1. The predicted molar refractivity (Wildman–Crippen MR) is 93.9 cm³/mol. The zero-order valence-corrected chi connectivity index (χ0v) is 13.9. The summed E-state index contributed by atoms with van der Waals surface area (Å²) in [5, 5.41) is 16.0. The van der Waals surface area contributed by atoms with Gasteiger partial charge in [0, 0.05) is 11.1 Å². The number of nitrogens with zero attached hydrogens (tertiary/aromatic N) is 1. The third-order valence-corrected chi connectivity index (χ3v) is 3.35. The molecular weight excluding hydrogens is 322 g/mol. The number of hydrogen-bond acceptors (Lipinski definition) is 5. The first-order chi connectivity index (χ1) is 12.0. The third kappa shape index (κ3) is 5.35. The molecular formula is C18H19N3O4. The van der Waals surface area contributed by atoms with E-state index in [9.17, 15) is 14.7 Å². The Labute approximate surface area is 145 Å². The van der Waals surface area contributed by atoms with Crippen molar-refractivity contribution < 1.29 is 19.4 Å². The monoisotopic (exact) mass is 341 g/mol. The topological polar surface area (TPSA) is 100 Å². The molecule has 0 aliphatic carbocycles. The fourth-order valence-corrected chi connectivity index (χ4v) is 1.94. The van der Waals surface area contributed by atoms with Crippen molar-refractivity contribution >= 4 is 18.0 Å². The Morgan fingerprint density at radius 2 is 1.92 bits per heavy atom. The Morgan fingerprint density at radius 3 is 2.60 bits per heavy atom. The molecule has 3 N–H and O–H groups in total. The number of carbonyl (C=O) groups is 2. The van der Waals surface area contributed by atoms with Crippen LogP contribution < -0.4 is 15.5 Å². The molecule has 0 saturated heterocycles. The highest BCUT2D eigenvalue weighted by molar-refractivity contribution is 5.96. The van der Waals surface area contributed by atoms with Crippen LogP contribution in [0.3, 0.4) is 0 Å². The lowest BCUT2D eigenvalue weighted by Gasteiger charge is -2.05. The lowest BCUT2D eigenvalue weighted by atomic mass is 10.1. The summed E-state index contributed by atoms with van der Waals surface area (Å²) in [4.78, 5) is 23.6. The fraction of sp³-hybridized carbons (Fsp3) is 0.167. The van der Waals surface area contributed by atoms with Gasteiger partial charge in [-0.2, -0.15) is 5.10 Å². The fourth-order valence-electron chi connectivity index (χ4n) is 1.94. The van der Waals surface area contributed by atoms with Crippen LogP contribution in [0, 0.1) is 6.92 Å². The van der Waals surface area contributed by atoms with Gasteiger partial charge < -0.3 is 15.2 Å². The van der Waals surface area contributed by atoms with Crippen molar-refractivity contribution in [1.82, 2.24) is 10.7 Å². The van der Waals surface area contributed by atoms with Crippen LogP contribution in [0.1, 0.15) is 21.5 Å². The molecule has 0 atom stereocenters. The Balaban J connectivity index is 1.84. The number of phenolic OH excluding ortho intramolecular Hbond substituents is 1. The Kier molecular flexibility index (Phi) is 6.11. The molecule has 7 nitrogen and oxygen atoms in total. The first-order valence-electron chi connectivity index (χ1n) is 7.53. The quantitative estimate of drug-likeness (QED) is 0.549. The summed E-state index contributed by atoms with van der Waals surface area (Å²) in [6.45, 7) is 1.71. The molecule has 25 heavy (non-hydrogen) atoms. The number of carbonyl (C=O) groups excluding carboxylic acids is 2. The first kappa shape index (κ1) is 18.0. The second-order valence-electron chi connectivity index (χ2n) is 5.27. The predicted octanol–water partition coefficient (Wildman–Crippen LogP) is 1.59. The van der Waals surface area contributed by atoms with Gasteiger partial charge in [-0.25, -0.2) is 5.43 Å². The highest BCUT2D eigenvalue weighted by atomic mass is 16.5. The zero-order chi connectivity index (χ0) is 18.2. The number of phenols is 1. The van der Waals surface area contributed by atoms with Crippen molar-refractivity contribution in [2.45, 2.75) is 6.92 Å². The van der Waals surface area contributed by atoms with E-state index in [1.165, 1.54) is 19.4 Å². The largest absolute Gasteiger partial charge is 0.507 e. The number of hydrogen-bond donors (Lipinski definition) is 3. The second-order valence-corrected chi connectivity index (χ2v) is 5.27. The van der Waals surface area contributed by atoms with Crippen LogP contribution in [0.15, 0.2) is 47.6 Å². The molecule has 0 fully saturated rings. The summed E-state index contributed by atoms with van der Waals surface area (Å²) >= 11 is 0. The van der Waals surface area contributed by atoms with Gasteiger partial charge in [0.15, 0.2) is 0 Å². The molecule has 0 aliphatic rings. The van der Waals surface area contributed by atoms with Gasteiger partial charge in [-0.05, 0) is 37.3 Å². The molecule has 2 rings (SSSR count). The molecule has 0 spiro atoms. The number of aromatic hydroxyl groups is 1. The number of nitrogens with one attached hydrogen (secondary N) is 2. The number of benzene rings is 2. The van der Waals surface area contributed by atoms with Gasteiger partial charge in [-0.1, -0.05) is 17.7 Å². The number of amides is 2. The molecule has 0 radical (unpaired) electrons. The van der Waals surface area contributed by atoms with Gasteiger partial charge in [0.25, 0.3) is 11.8 Å². The van der Waals surface area contributed by atoms with Gasteiger partial charge in [-0.15, -0.1) is 0 Å². The summed E-state index contributed by atoms with van der Waals surface area (Å²) in [5.41, 5.74) is 4.19. The van der Waals surface area contributed by atoms with E-state index in [4.69, 9.17) is 4.74 Å². The average Bonchev–Trinajstić information content (AvgIpc) is 2.62. The minimum absolute atomic E-state index is 0.00599. The standard InChI is InChI=1S/C18H19N3O4/c1-12-3-5-13(6-4-12)18(24)19-11-17(23)21-20-10-14-9-15(25-2)7-8-16(14)22/h3-10,22H,11H2,1-2H3,(H,19,24)(H,21,23)/b20-10+. The smallest absolute Gasteiger partial charge is 0.259 e. The molecule has 0 bridgehead atoms.